The molecule has 7 heteroatoms. The number of rotatable bonds is 9. The van der Waals surface area contributed by atoms with Crippen molar-refractivity contribution < 1.29 is 9.53 Å². The number of ether oxygens (including phenoxy) is 1. The summed E-state index contributed by atoms with van der Waals surface area (Å²) in [4.78, 5) is 14.1. The zero-order chi connectivity index (χ0) is 20.6. The summed E-state index contributed by atoms with van der Waals surface area (Å²) in [5.41, 5.74) is 2.60. The average Bonchev–Trinajstić information content (AvgIpc) is 3.07. The van der Waals surface area contributed by atoms with Crippen LogP contribution in [0.1, 0.15) is 56.4 Å². The molecule has 0 saturated carbocycles. The highest BCUT2D eigenvalue weighted by atomic mass is 35.5. The highest BCUT2D eigenvalue weighted by molar-refractivity contribution is 8.04. The lowest BCUT2D eigenvalue weighted by Crippen LogP contribution is -2.23. The zero-order valence-electron chi connectivity index (χ0n) is 17.1. The second-order valence-electron chi connectivity index (χ2n) is 7.12. The molecule has 4 nitrogen and oxygen atoms in total. The molecule has 29 heavy (non-hydrogen) atoms. The summed E-state index contributed by atoms with van der Waals surface area (Å²) in [7, 11) is 2.13. The summed E-state index contributed by atoms with van der Waals surface area (Å²) in [6, 6.07) is 2.39. The first-order chi connectivity index (χ1) is 14.1. The van der Waals surface area contributed by atoms with Gasteiger partial charge in [-0.1, -0.05) is 36.6 Å². The third-order valence-electron chi connectivity index (χ3n) is 5.02. The fourth-order valence-corrected chi connectivity index (χ4v) is 5.81. The lowest BCUT2D eigenvalue weighted by atomic mass is 10.0. The molecule has 1 aromatic rings. The van der Waals surface area contributed by atoms with Crippen molar-refractivity contribution in [3.8, 4) is 0 Å². The number of hydrogen-bond acceptors (Lipinski definition) is 6. The number of allylic oxidation sites excluding steroid dienone is 4. The van der Waals surface area contributed by atoms with Crippen LogP contribution in [-0.2, 0) is 9.53 Å². The average molecular weight is 453 g/mol. The first-order valence-electron chi connectivity index (χ1n) is 10.2. The molecule has 1 atom stereocenters. The lowest BCUT2D eigenvalue weighted by molar-refractivity contribution is -0.143. The van der Waals surface area contributed by atoms with E-state index in [9.17, 15) is 4.79 Å². The third kappa shape index (κ3) is 6.14. The van der Waals surface area contributed by atoms with Crippen molar-refractivity contribution in [3.05, 3.63) is 50.1 Å². The van der Waals surface area contributed by atoms with Gasteiger partial charge in [-0.15, -0.1) is 11.3 Å². The number of carbonyl (C=O) groups is 1. The van der Waals surface area contributed by atoms with Crippen LogP contribution in [0.2, 0.25) is 0 Å². The Morgan fingerprint density at radius 2 is 2.14 bits per heavy atom. The van der Waals surface area contributed by atoms with Gasteiger partial charge in [-0.05, 0) is 61.4 Å². The highest BCUT2D eigenvalue weighted by Gasteiger charge is 2.28. The van der Waals surface area contributed by atoms with Crippen molar-refractivity contribution >= 4 is 46.5 Å². The van der Waals surface area contributed by atoms with E-state index in [0.29, 0.717) is 13.0 Å². The van der Waals surface area contributed by atoms with Gasteiger partial charge in [0.2, 0.25) is 0 Å². The van der Waals surface area contributed by atoms with E-state index in [0.717, 1.165) is 43.7 Å². The maximum Gasteiger partial charge on any atom is 0.305 e. The molecule has 0 bridgehead atoms. The van der Waals surface area contributed by atoms with Crippen molar-refractivity contribution in [1.82, 2.24) is 5.32 Å². The van der Waals surface area contributed by atoms with Crippen LogP contribution in [0.4, 0.5) is 5.69 Å². The van der Waals surface area contributed by atoms with E-state index >= 15 is 0 Å². The predicted octanol–water partition coefficient (Wildman–Crippen LogP) is 6.33. The van der Waals surface area contributed by atoms with E-state index in [2.05, 4.69) is 40.3 Å². The van der Waals surface area contributed by atoms with Crippen LogP contribution in [0, 0.1) is 0 Å². The van der Waals surface area contributed by atoms with E-state index < -0.39 is 0 Å². The Morgan fingerprint density at radius 1 is 1.31 bits per heavy atom. The SMILES string of the molecule is CCOC(=O)CCCCCCNC1C2=C(CC=C(Cl)C=C2)SN(C)c2ccsc21. The summed E-state index contributed by atoms with van der Waals surface area (Å²) < 4.78 is 7.24. The van der Waals surface area contributed by atoms with Crippen LogP contribution in [0.25, 0.3) is 0 Å². The molecule has 0 radical (unpaired) electrons. The highest BCUT2D eigenvalue weighted by Crippen LogP contribution is 2.47. The van der Waals surface area contributed by atoms with Gasteiger partial charge in [0.05, 0.1) is 23.2 Å². The number of nitrogens with one attached hydrogen (secondary N) is 1. The van der Waals surface area contributed by atoms with Crippen LogP contribution < -0.4 is 9.62 Å². The Bertz CT molecular complexity index is 800. The summed E-state index contributed by atoms with van der Waals surface area (Å²) in [5, 5.41) is 6.76. The van der Waals surface area contributed by atoms with Gasteiger partial charge in [-0.3, -0.25) is 4.79 Å². The molecule has 0 saturated heterocycles. The number of fused-ring (bicyclic) bond motifs is 1. The minimum atomic E-state index is -0.0807. The summed E-state index contributed by atoms with van der Waals surface area (Å²) in [5.74, 6) is -0.0807. The molecule has 1 unspecified atom stereocenters. The third-order valence-corrected chi connectivity index (χ3v) is 7.37. The van der Waals surface area contributed by atoms with Gasteiger partial charge in [-0.25, -0.2) is 0 Å². The van der Waals surface area contributed by atoms with Crippen LogP contribution >= 0.6 is 34.9 Å². The van der Waals surface area contributed by atoms with Crippen LogP contribution in [-0.4, -0.2) is 26.2 Å². The fraction of sp³-hybridized carbons (Fsp3) is 0.500. The van der Waals surface area contributed by atoms with Crippen molar-refractivity contribution in [2.24, 2.45) is 0 Å². The van der Waals surface area contributed by atoms with Crippen molar-refractivity contribution in [2.75, 3.05) is 24.5 Å². The van der Waals surface area contributed by atoms with E-state index in [1.165, 1.54) is 21.0 Å². The zero-order valence-corrected chi connectivity index (χ0v) is 19.5. The van der Waals surface area contributed by atoms with E-state index in [1.54, 1.807) is 23.3 Å². The van der Waals surface area contributed by atoms with Crippen molar-refractivity contribution in [3.63, 3.8) is 0 Å². The molecule has 1 aliphatic heterocycles. The number of nitrogens with zero attached hydrogens (tertiary/aromatic N) is 1. The first-order valence-corrected chi connectivity index (χ1v) is 12.3. The van der Waals surface area contributed by atoms with Gasteiger partial charge in [0.1, 0.15) is 0 Å². The summed E-state index contributed by atoms with van der Waals surface area (Å²) >= 11 is 9.88. The Labute approximate surface area is 187 Å². The molecule has 2 heterocycles. The van der Waals surface area contributed by atoms with Gasteiger partial charge >= 0.3 is 5.97 Å². The predicted molar refractivity (Wildman–Crippen MR) is 125 cm³/mol. The van der Waals surface area contributed by atoms with Gasteiger partial charge in [0, 0.05) is 29.8 Å². The molecule has 0 amide bonds. The Kier molecular flexibility index (Phi) is 8.72. The Hall–Kier alpha value is -1.21. The Balaban J connectivity index is 1.58. The number of esters is 1. The second kappa shape index (κ2) is 11.3. The standard InChI is InChI=1S/C22H29ClN2O2S2/c1-3-27-20(26)8-6-4-5-7-14-24-21-17-11-9-16(23)10-12-19(17)29-25(2)18-13-15-28-22(18)21/h9-11,13,15,21,24H,3-8,12,14H2,1-2H3. The van der Waals surface area contributed by atoms with Gasteiger partial charge < -0.3 is 14.4 Å². The maximum atomic E-state index is 11.4. The van der Waals surface area contributed by atoms with Crippen LogP contribution in [0.15, 0.2) is 45.2 Å². The minimum Gasteiger partial charge on any atom is -0.466 e. The first kappa shape index (κ1) is 22.5. The maximum absolute atomic E-state index is 11.4. The summed E-state index contributed by atoms with van der Waals surface area (Å²) in [6.07, 6.45) is 11.8. The topological polar surface area (TPSA) is 41.6 Å². The normalized spacial score (nSPS) is 18.7. The molecular formula is C22H29ClN2O2S2. The second-order valence-corrected chi connectivity index (χ2v) is 9.73. The minimum absolute atomic E-state index is 0.0807. The number of unbranched alkanes of at least 4 members (excludes halogenated alkanes) is 3. The number of halogens is 1. The number of carbonyl (C=O) groups excluding carboxylic acids is 1. The van der Waals surface area contributed by atoms with Gasteiger partial charge in [0.15, 0.2) is 0 Å². The number of hydrogen-bond donors (Lipinski definition) is 1. The van der Waals surface area contributed by atoms with Gasteiger partial charge in [0.25, 0.3) is 0 Å². The number of thiophene rings is 1. The molecule has 3 rings (SSSR count). The largest absolute Gasteiger partial charge is 0.466 e. The molecule has 1 aromatic heterocycles. The lowest BCUT2D eigenvalue weighted by Gasteiger charge is -2.20. The molecule has 2 aliphatic rings. The van der Waals surface area contributed by atoms with Crippen LogP contribution in [0.5, 0.6) is 0 Å². The molecule has 0 fully saturated rings. The van der Waals surface area contributed by atoms with Crippen molar-refractivity contribution in [2.45, 2.75) is 51.5 Å². The van der Waals surface area contributed by atoms with Gasteiger partial charge in [-0.2, -0.15) is 0 Å². The Morgan fingerprint density at radius 3 is 2.97 bits per heavy atom. The van der Waals surface area contributed by atoms with E-state index in [1.807, 2.05) is 13.0 Å². The number of anilines is 1. The molecule has 158 valence electrons. The smallest absolute Gasteiger partial charge is 0.305 e. The van der Waals surface area contributed by atoms with Crippen LogP contribution in [0.3, 0.4) is 0 Å². The summed E-state index contributed by atoms with van der Waals surface area (Å²) in [6.45, 7) is 3.26. The molecular weight excluding hydrogens is 424 g/mol. The molecule has 0 spiro atoms. The molecule has 1 aliphatic carbocycles. The van der Waals surface area contributed by atoms with E-state index in [-0.39, 0.29) is 12.0 Å². The molecule has 1 N–H and O–H groups in total. The monoisotopic (exact) mass is 452 g/mol. The fourth-order valence-electron chi connectivity index (χ4n) is 3.56. The van der Waals surface area contributed by atoms with Crippen molar-refractivity contribution in [1.29, 1.82) is 0 Å². The van der Waals surface area contributed by atoms with E-state index in [4.69, 9.17) is 16.3 Å². The quantitative estimate of drug-likeness (QED) is 0.269. The molecule has 0 aromatic carbocycles.